The highest BCUT2D eigenvalue weighted by atomic mass is 19.4. The van der Waals surface area contributed by atoms with Gasteiger partial charge in [-0.25, -0.2) is 0 Å². The first-order chi connectivity index (χ1) is 10.8. The fraction of sp³-hybridized carbons (Fsp3) is 0.200. The molecule has 1 aliphatic rings. The van der Waals surface area contributed by atoms with Gasteiger partial charge in [0.1, 0.15) is 11.4 Å². The van der Waals surface area contributed by atoms with Gasteiger partial charge >= 0.3 is 6.18 Å². The number of benzene rings is 1. The number of ether oxygens (including phenoxy) is 1. The number of anilines is 1. The molecule has 120 valence electrons. The Bertz CT molecular complexity index is 789. The van der Waals surface area contributed by atoms with E-state index in [9.17, 15) is 22.8 Å². The lowest BCUT2D eigenvalue weighted by Crippen LogP contribution is -2.33. The van der Waals surface area contributed by atoms with E-state index < -0.39 is 35.0 Å². The van der Waals surface area contributed by atoms with Crippen LogP contribution in [0.1, 0.15) is 11.1 Å². The van der Waals surface area contributed by atoms with E-state index in [2.05, 4.69) is 5.32 Å². The quantitative estimate of drug-likeness (QED) is 0.891. The van der Waals surface area contributed by atoms with Crippen LogP contribution in [-0.2, 0) is 17.4 Å². The maximum Gasteiger partial charge on any atom is 0.417 e. The Morgan fingerprint density at radius 3 is 2.74 bits per heavy atom. The van der Waals surface area contributed by atoms with Gasteiger partial charge in [-0.2, -0.15) is 13.2 Å². The molecule has 0 fully saturated rings. The van der Waals surface area contributed by atoms with Crippen molar-refractivity contribution in [3.05, 3.63) is 58.0 Å². The van der Waals surface area contributed by atoms with Gasteiger partial charge in [-0.1, -0.05) is 18.2 Å². The summed E-state index contributed by atoms with van der Waals surface area (Å²) >= 11 is 0. The number of para-hydroxylation sites is 1. The summed E-state index contributed by atoms with van der Waals surface area (Å²) in [6.07, 6.45) is -4.66. The van der Waals surface area contributed by atoms with E-state index in [1.807, 2.05) is 4.98 Å². The third kappa shape index (κ3) is 3.05. The standard InChI is InChI=1S/C15H11F3N2O3/c16-15(17,18)9-6-10(13(21)19-7-9)20-14(22)12-5-8-3-1-2-4-11(8)23-12/h1-4,6-7,12H,5H2,(H,19,21)(H,20,22)/t12-/m1/s1. The number of rotatable bonds is 2. The Morgan fingerprint density at radius 1 is 1.30 bits per heavy atom. The minimum absolute atomic E-state index is 0.291. The molecular weight excluding hydrogens is 313 g/mol. The molecule has 1 amide bonds. The number of hydrogen-bond donors (Lipinski definition) is 2. The summed E-state index contributed by atoms with van der Waals surface area (Å²) in [5.41, 5.74) is -1.51. The highest BCUT2D eigenvalue weighted by molar-refractivity contribution is 5.95. The molecule has 23 heavy (non-hydrogen) atoms. The summed E-state index contributed by atoms with van der Waals surface area (Å²) in [6, 6.07) is 7.62. The molecule has 0 radical (unpaired) electrons. The van der Waals surface area contributed by atoms with Crippen molar-refractivity contribution in [3.8, 4) is 5.75 Å². The molecule has 5 nitrogen and oxygen atoms in total. The second-order valence-electron chi connectivity index (χ2n) is 5.04. The molecule has 0 aliphatic carbocycles. The van der Waals surface area contributed by atoms with Gasteiger partial charge in [0.15, 0.2) is 6.10 Å². The molecule has 0 unspecified atom stereocenters. The Morgan fingerprint density at radius 2 is 2.04 bits per heavy atom. The molecule has 0 saturated heterocycles. The summed E-state index contributed by atoms with van der Waals surface area (Å²) in [7, 11) is 0. The molecule has 1 aromatic carbocycles. The number of aromatic nitrogens is 1. The third-order valence-electron chi connectivity index (χ3n) is 3.43. The van der Waals surface area contributed by atoms with E-state index in [1.54, 1.807) is 24.3 Å². The number of carbonyl (C=O) groups excluding carboxylic acids is 1. The SMILES string of the molecule is O=C(Nc1cc(C(F)(F)F)c[nH]c1=O)[C@H]1Cc2ccccc2O1. The number of halogens is 3. The number of aromatic amines is 1. The van der Waals surface area contributed by atoms with Crippen molar-refractivity contribution in [2.45, 2.75) is 18.7 Å². The monoisotopic (exact) mass is 324 g/mol. The number of alkyl halides is 3. The van der Waals surface area contributed by atoms with Crippen molar-refractivity contribution in [3.63, 3.8) is 0 Å². The zero-order valence-corrected chi connectivity index (χ0v) is 11.6. The van der Waals surface area contributed by atoms with Crippen molar-refractivity contribution in [1.29, 1.82) is 0 Å². The van der Waals surface area contributed by atoms with Gasteiger partial charge in [-0.05, 0) is 17.7 Å². The van der Waals surface area contributed by atoms with Crippen LogP contribution in [0, 0.1) is 0 Å². The summed E-state index contributed by atoms with van der Waals surface area (Å²) in [5.74, 6) is -0.128. The van der Waals surface area contributed by atoms with Crippen LogP contribution in [-0.4, -0.2) is 17.0 Å². The Hall–Kier alpha value is -2.77. The van der Waals surface area contributed by atoms with E-state index in [1.165, 1.54) is 0 Å². The average Bonchev–Trinajstić information content (AvgIpc) is 2.92. The number of amides is 1. The van der Waals surface area contributed by atoms with Gasteiger partial charge in [-0.15, -0.1) is 0 Å². The van der Waals surface area contributed by atoms with Crippen LogP contribution in [0.3, 0.4) is 0 Å². The highest BCUT2D eigenvalue weighted by Gasteiger charge is 2.33. The van der Waals surface area contributed by atoms with Crippen molar-refractivity contribution in [2.24, 2.45) is 0 Å². The van der Waals surface area contributed by atoms with Gasteiger partial charge in [0.05, 0.1) is 5.56 Å². The van der Waals surface area contributed by atoms with E-state index in [0.29, 0.717) is 24.4 Å². The summed E-state index contributed by atoms with van der Waals surface area (Å²) < 4.78 is 43.4. The van der Waals surface area contributed by atoms with E-state index in [-0.39, 0.29) is 0 Å². The highest BCUT2D eigenvalue weighted by Crippen LogP contribution is 2.30. The molecule has 2 N–H and O–H groups in total. The molecular formula is C15H11F3N2O3. The minimum atomic E-state index is -4.62. The smallest absolute Gasteiger partial charge is 0.417 e. The van der Waals surface area contributed by atoms with E-state index >= 15 is 0 Å². The van der Waals surface area contributed by atoms with Crippen LogP contribution in [0.4, 0.5) is 18.9 Å². The normalized spacial score (nSPS) is 16.6. The summed E-state index contributed by atoms with van der Waals surface area (Å²) in [5, 5.41) is 2.19. The second kappa shape index (κ2) is 5.45. The lowest BCUT2D eigenvalue weighted by molar-refractivity contribution is -0.137. The summed E-state index contributed by atoms with van der Waals surface area (Å²) in [6.45, 7) is 0. The van der Waals surface area contributed by atoms with Gasteiger partial charge in [0.25, 0.3) is 11.5 Å². The number of H-pyrrole nitrogens is 1. The van der Waals surface area contributed by atoms with Crippen LogP contribution < -0.4 is 15.6 Å². The largest absolute Gasteiger partial charge is 0.480 e. The van der Waals surface area contributed by atoms with Gasteiger partial charge in [0.2, 0.25) is 0 Å². The first-order valence-corrected chi connectivity index (χ1v) is 6.70. The van der Waals surface area contributed by atoms with E-state index in [0.717, 1.165) is 5.56 Å². The minimum Gasteiger partial charge on any atom is -0.480 e. The van der Waals surface area contributed by atoms with E-state index in [4.69, 9.17) is 4.74 Å². The zero-order valence-electron chi connectivity index (χ0n) is 11.6. The van der Waals surface area contributed by atoms with Crippen LogP contribution in [0.2, 0.25) is 0 Å². The molecule has 0 saturated carbocycles. The fourth-order valence-electron chi connectivity index (χ4n) is 2.28. The summed E-state index contributed by atoms with van der Waals surface area (Å²) in [4.78, 5) is 25.7. The Kier molecular flexibility index (Phi) is 3.59. The number of hydrogen-bond acceptors (Lipinski definition) is 3. The van der Waals surface area contributed by atoms with Crippen molar-refractivity contribution in [2.75, 3.05) is 5.32 Å². The lowest BCUT2D eigenvalue weighted by Gasteiger charge is -2.12. The predicted molar refractivity (Wildman–Crippen MR) is 75.3 cm³/mol. The fourth-order valence-corrected chi connectivity index (χ4v) is 2.28. The zero-order chi connectivity index (χ0) is 16.6. The van der Waals surface area contributed by atoms with Crippen LogP contribution in [0.25, 0.3) is 0 Å². The second-order valence-corrected chi connectivity index (χ2v) is 5.04. The molecule has 0 spiro atoms. The number of nitrogens with one attached hydrogen (secondary N) is 2. The third-order valence-corrected chi connectivity index (χ3v) is 3.43. The van der Waals surface area contributed by atoms with Crippen molar-refractivity contribution in [1.82, 2.24) is 4.98 Å². The maximum absolute atomic E-state index is 12.7. The average molecular weight is 324 g/mol. The van der Waals surface area contributed by atoms with Crippen LogP contribution in [0.15, 0.2) is 41.3 Å². The topological polar surface area (TPSA) is 71.2 Å². The molecule has 0 bridgehead atoms. The maximum atomic E-state index is 12.7. The Balaban J connectivity index is 1.78. The molecule has 3 rings (SSSR count). The number of carbonyl (C=O) groups is 1. The van der Waals surface area contributed by atoms with Crippen molar-refractivity contribution < 1.29 is 22.7 Å². The predicted octanol–water partition coefficient (Wildman–Crippen LogP) is 2.34. The van der Waals surface area contributed by atoms with Crippen LogP contribution in [0.5, 0.6) is 5.75 Å². The Labute approximate surface area is 128 Å². The van der Waals surface area contributed by atoms with Gasteiger partial charge < -0.3 is 15.0 Å². The molecule has 8 heteroatoms. The first-order valence-electron chi connectivity index (χ1n) is 6.70. The molecule has 1 aromatic heterocycles. The molecule has 1 aliphatic heterocycles. The van der Waals surface area contributed by atoms with Gasteiger partial charge in [0, 0.05) is 12.6 Å². The number of pyridine rings is 1. The number of fused-ring (bicyclic) bond motifs is 1. The molecule has 1 atom stereocenters. The molecule has 2 aromatic rings. The van der Waals surface area contributed by atoms with Crippen LogP contribution >= 0.6 is 0 Å². The molecule has 2 heterocycles. The van der Waals surface area contributed by atoms with Crippen molar-refractivity contribution >= 4 is 11.6 Å². The first kappa shape index (κ1) is 15.1. The lowest BCUT2D eigenvalue weighted by atomic mass is 10.1. The van der Waals surface area contributed by atoms with Gasteiger partial charge in [-0.3, -0.25) is 9.59 Å².